The minimum Gasteiger partial charge on any atom is -0.489 e. The van der Waals surface area contributed by atoms with E-state index in [1.807, 2.05) is 115 Å². The van der Waals surface area contributed by atoms with Gasteiger partial charge in [-0.05, 0) is 47.9 Å². The van der Waals surface area contributed by atoms with Gasteiger partial charge in [-0.3, -0.25) is 4.79 Å². The topological polar surface area (TPSA) is 46.5 Å². The molecular weight excluding hydrogens is 432 g/mol. The highest BCUT2D eigenvalue weighted by molar-refractivity contribution is 5.95. The number of hydrogen-bond acceptors (Lipinski definition) is 3. The molecule has 0 saturated carbocycles. The lowest BCUT2D eigenvalue weighted by Gasteiger charge is -2.23. The third-order valence-corrected chi connectivity index (χ3v) is 5.78. The van der Waals surface area contributed by atoms with Crippen LogP contribution in [0.2, 0.25) is 0 Å². The van der Waals surface area contributed by atoms with Gasteiger partial charge >= 0.3 is 0 Å². The normalized spacial score (nSPS) is 10.8. The predicted octanol–water partition coefficient (Wildman–Crippen LogP) is 6.10. The average Bonchev–Trinajstić information content (AvgIpc) is 2.92. The second-order valence-electron chi connectivity index (χ2n) is 8.39. The number of carbonyl (C=O) groups excluding carboxylic acids is 1. The minimum atomic E-state index is -1.54. The van der Waals surface area contributed by atoms with E-state index < -0.39 is 5.60 Å². The van der Waals surface area contributed by atoms with E-state index in [0.29, 0.717) is 30.6 Å². The molecule has 0 fully saturated rings. The van der Waals surface area contributed by atoms with E-state index in [9.17, 15) is 9.90 Å². The first kappa shape index (κ1) is 24.0. The molecule has 0 aliphatic heterocycles. The number of benzene rings is 4. The number of Topliss-reactive ketones (excluding diaryl/α,β-unsaturated/α-hetero) is 1. The molecule has 0 atom stereocenters. The van der Waals surface area contributed by atoms with Crippen molar-refractivity contribution in [3.8, 4) is 17.6 Å². The van der Waals surface area contributed by atoms with Crippen LogP contribution >= 0.6 is 0 Å². The number of hydrogen-bond donors (Lipinski definition) is 1. The Morgan fingerprint density at radius 1 is 0.743 bits per heavy atom. The van der Waals surface area contributed by atoms with Crippen LogP contribution in [-0.4, -0.2) is 10.9 Å². The Morgan fingerprint density at radius 3 is 1.94 bits per heavy atom. The van der Waals surface area contributed by atoms with Crippen molar-refractivity contribution in [2.24, 2.45) is 0 Å². The van der Waals surface area contributed by atoms with E-state index >= 15 is 0 Å². The van der Waals surface area contributed by atoms with Gasteiger partial charge in [-0.15, -0.1) is 0 Å². The Kier molecular flexibility index (Phi) is 8.12. The predicted molar refractivity (Wildman–Crippen MR) is 139 cm³/mol. The summed E-state index contributed by atoms with van der Waals surface area (Å²) in [5, 5.41) is 11.4. The average molecular weight is 461 g/mol. The van der Waals surface area contributed by atoms with Crippen LogP contribution < -0.4 is 4.74 Å². The number of ketones is 1. The lowest BCUT2D eigenvalue weighted by molar-refractivity contribution is -0.113. The molecular formula is C32H28O3. The van der Waals surface area contributed by atoms with Gasteiger partial charge < -0.3 is 9.84 Å². The quantitative estimate of drug-likeness (QED) is 0.243. The molecule has 3 nitrogen and oxygen atoms in total. The zero-order valence-corrected chi connectivity index (χ0v) is 19.6. The van der Waals surface area contributed by atoms with Crippen molar-refractivity contribution < 1.29 is 14.6 Å². The molecule has 1 N–H and O–H groups in total. The third kappa shape index (κ3) is 6.69. The summed E-state index contributed by atoms with van der Waals surface area (Å²) in [7, 11) is 0. The van der Waals surface area contributed by atoms with E-state index in [4.69, 9.17) is 4.74 Å². The van der Waals surface area contributed by atoms with Gasteiger partial charge in [0.1, 0.15) is 12.4 Å². The second-order valence-corrected chi connectivity index (χ2v) is 8.39. The molecule has 0 heterocycles. The van der Waals surface area contributed by atoms with Crippen LogP contribution in [0.25, 0.3) is 0 Å². The maximum Gasteiger partial charge on any atom is 0.205 e. The highest BCUT2D eigenvalue weighted by Crippen LogP contribution is 2.28. The summed E-state index contributed by atoms with van der Waals surface area (Å²) in [4.78, 5) is 12.6. The maximum atomic E-state index is 12.6. The van der Waals surface area contributed by atoms with Gasteiger partial charge in [-0.2, -0.15) is 0 Å². The van der Waals surface area contributed by atoms with Gasteiger partial charge in [0.05, 0.1) is 0 Å². The van der Waals surface area contributed by atoms with Crippen LogP contribution in [-0.2, 0) is 23.4 Å². The van der Waals surface area contributed by atoms with Gasteiger partial charge in [-0.25, -0.2) is 0 Å². The van der Waals surface area contributed by atoms with E-state index in [1.165, 1.54) is 0 Å². The molecule has 0 aliphatic carbocycles. The zero-order valence-electron chi connectivity index (χ0n) is 19.6. The fourth-order valence-electron chi connectivity index (χ4n) is 3.88. The molecule has 0 amide bonds. The van der Waals surface area contributed by atoms with Crippen molar-refractivity contribution in [1.82, 2.24) is 0 Å². The molecule has 4 aromatic carbocycles. The standard InChI is InChI=1S/C32H28O3/c33-30(22-23-32(34,28-16-6-2-7-17-28)29-18-8-3-9-19-29)20-10-14-26-15-11-21-31(24-26)35-25-27-12-4-1-5-13-27/h1-9,11-13,15-19,21,24,34H,10,14,20,25H2. The van der Waals surface area contributed by atoms with Gasteiger partial charge in [0.2, 0.25) is 5.78 Å². The molecule has 0 aliphatic rings. The van der Waals surface area contributed by atoms with E-state index in [-0.39, 0.29) is 5.78 Å². The van der Waals surface area contributed by atoms with Crippen LogP contribution in [0.1, 0.15) is 35.1 Å². The number of carbonyl (C=O) groups is 1. The number of ether oxygens (including phenoxy) is 1. The van der Waals surface area contributed by atoms with Crippen molar-refractivity contribution in [3.05, 3.63) is 138 Å². The molecule has 0 unspecified atom stereocenters. The van der Waals surface area contributed by atoms with Crippen molar-refractivity contribution in [3.63, 3.8) is 0 Å². The lowest BCUT2D eigenvalue weighted by Crippen LogP contribution is -2.25. The summed E-state index contributed by atoms with van der Waals surface area (Å²) in [6.45, 7) is 0.518. The van der Waals surface area contributed by atoms with E-state index in [1.54, 1.807) is 0 Å². The summed E-state index contributed by atoms with van der Waals surface area (Å²) in [6, 6.07) is 36.5. The van der Waals surface area contributed by atoms with Crippen LogP contribution in [0.4, 0.5) is 0 Å². The summed E-state index contributed by atoms with van der Waals surface area (Å²) < 4.78 is 5.90. The monoisotopic (exact) mass is 460 g/mol. The summed E-state index contributed by atoms with van der Waals surface area (Å²) in [6.07, 6.45) is 1.74. The summed E-state index contributed by atoms with van der Waals surface area (Å²) in [5.74, 6) is 6.17. The van der Waals surface area contributed by atoms with E-state index in [0.717, 1.165) is 23.3 Å². The number of rotatable bonds is 9. The smallest absolute Gasteiger partial charge is 0.205 e. The Hall–Kier alpha value is -4.13. The minimum absolute atomic E-state index is 0.188. The van der Waals surface area contributed by atoms with Crippen molar-refractivity contribution in [2.45, 2.75) is 31.5 Å². The molecule has 0 aromatic heterocycles. The number of aryl methyl sites for hydroxylation is 1. The molecule has 174 valence electrons. The van der Waals surface area contributed by atoms with Crippen LogP contribution in [0, 0.1) is 11.8 Å². The van der Waals surface area contributed by atoms with Crippen LogP contribution in [0.5, 0.6) is 5.75 Å². The lowest BCUT2D eigenvalue weighted by atomic mass is 9.86. The molecule has 0 saturated heterocycles. The van der Waals surface area contributed by atoms with Crippen LogP contribution in [0.3, 0.4) is 0 Å². The van der Waals surface area contributed by atoms with Crippen LogP contribution in [0.15, 0.2) is 115 Å². The van der Waals surface area contributed by atoms with E-state index in [2.05, 4.69) is 11.8 Å². The Labute approximate surface area is 207 Å². The molecule has 4 rings (SSSR count). The molecule has 35 heavy (non-hydrogen) atoms. The van der Waals surface area contributed by atoms with Gasteiger partial charge in [0.25, 0.3) is 0 Å². The van der Waals surface area contributed by atoms with Gasteiger partial charge in [-0.1, -0.05) is 103 Å². The Balaban J connectivity index is 1.36. The first-order valence-corrected chi connectivity index (χ1v) is 11.8. The molecule has 3 heteroatoms. The number of aliphatic hydroxyl groups is 1. The fourth-order valence-corrected chi connectivity index (χ4v) is 3.88. The highest BCUT2D eigenvalue weighted by atomic mass is 16.5. The fraction of sp³-hybridized carbons (Fsp3) is 0.156. The van der Waals surface area contributed by atoms with Gasteiger partial charge in [0, 0.05) is 17.5 Å². The van der Waals surface area contributed by atoms with Crippen molar-refractivity contribution in [2.75, 3.05) is 0 Å². The molecule has 0 spiro atoms. The largest absolute Gasteiger partial charge is 0.489 e. The maximum absolute atomic E-state index is 12.6. The SMILES string of the molecule is O=C(C#CC(O)(c1ccccc1)c1ccccc1)CCCc1cccc(OCc2ccccc2)c1. The highest BCUT2D eigenvalue weighted by Gasteiger charge is 2.29. The van der Waals surface area contributed by atoms with Crippen molar-refractivity contribution in [1.29, 1.82) is 0 Å². The van der Waals surface area contributed by atoms with Gasteiger partial charge in [0.15, 0.2) is 5.60 Å². The van der Waals surface area contributed by atoms with Crippen molar-refractivity contribution >= 4 is 5.78 Å². The molecule has 4 aromatic rings. The molecule has 0 bridgehead atoms. The first-order chi connectivity index (χ1) is 17.1. The zero-order chi connectivity index (χ0) is 24.3. The Morgan fingerprint density at radius 2 is 1.31 bits per heavy atom. The summed E-state index contributed by atoms with van der Waals surface area (Å²) in [5.41, 5.74) is 1.97. The molecule has 0 radical (unpaired) electrons. The summed E-state index contributed by atoms with van der Waals surface area (Å²) >= 11 is 0. The Bertz CT molecular complexity index is 1250. The first-order valence-electron chi connectivity index (χ1n) is 11.8. The second kappa shape index (κ2) is 11.8. The third-order valence-electron chi connectivity index (χ3n) is 5.78.